The molecular formula is C19H20N4O2. The molecule has 1 amide bonds. The van der Waals surface area contributed by atoms with Crippen LogP contribution in [0.1, 0.15) is 12.5 Å². The molecule has 25 heavy (non-hydrogen) atoms. The SMILES string of the molecule is CCOc1ccc(C#CC(=O)N2CCN(c3ncccn3)CC2)cc1. The highest BCUT2D eigenvalue weighted by Crippen LogP contribution is 2.12. The topological polar surface area (TPSA) is 58.6 Å². The second-order valence-corrected chi connectivity index (χ2v) is 5.54. The van der Waals surface area contributed by atoms with Gasteiger partial charge in [-0.15, -0.1) is 0 Å². The zero-order valence-corrected chi connectivity index (χ0v) is 14.2. The smallest absolute Gasteiger partial charge is 0.298 e. The van der Waals surface area contributed by atoms with Gasteiger partial charge in [-0.2, -0.15) is 0 Å². The van der Waals surface area contributed by atoms with Crippen molar-refractivity contribution in [3.63, 3.8) is 0 Å². The molecule has 2 aromatic rings. The lowest BCUT2D eigenvalue weighted by molar-refractivity contribution is -0.125. The molecule has 0 radical (unpaired) electrons. The van der Waals surface area contributed by atoms with Gasteiger partial charge in [0.05, 0.1) is 6.61 Å². The second kappa shape index (κ2) is 8.15. The Morgan fingerprint density at radius 1 is 1.12 bits per heavy atom. The van der Waals surface area contributed by atoms with Crippen LogP contribution >= 0.6 is 0 Å². The van der Waals surface area contributed by atoms with E-state index in [1.165, 1.54) is 0 Å². The van der Waals surface area contributed by atoms with Crippen molar-refractivity contribution < 1.29 is 9.53 Å². The molecule has 6 nitrogen and oxygen atoms in total. The van der Waals surface area contributed by atoms with Crippen LogP contribution < -0.4 is 9.64 Å². The minimum atomic E-state index is -0.150. The lowest BCUT2D eigenvalue weighted by atomic mass is 10.2. The first-order valence-corrected chi connectivity index (χ1v) is 8.32. The lowest BCUT2D eigenvalue weighted by Gasteiger charge is -2.33. The highest BCUT2D eigenvalue weighted by Gasteiger charge is 2.21. The number of hydrogen-bond donors (Lipinski definition) is 0. The third-order valence-electron chi connectivity index (χ3n) is 3.88. The number of nitrogens with zero attached hydrogens (tertiary/aromatic N) is 4. The zero-order valence-electron chi connectivity index (χ0n) is 14.2. The first kappa shape index (κ1) is 16.8. The molecular weight excluding hydrogens is 316 g/mol. The first-order valence-electron chi connectivity index (χ1n) is 8.32. The number of aromatic nitrogens is 2. The van der Waals surface area contributed by atoms with E-state index in [-0.39, 0.29) is 5.91 Å². The van der Waals surface area contributed by atoms with Gasteiger partial charge < -0.3 is 14.5 Å². The minimum Gasteiger partial charge on any atom is -0.494 e. The van der Waals surface area contributed by atoms with E-state index in [4.69, 9.17) is 4.74 Å². The average Bonchev–Trinajstić information content (AvgIpc) is 2.68. The monoisotopic (exact) mass is 336 g/mol. The molecule has 0 unspecified atom stereocenters. The number of ether oxygens (including phenoxy) is 1. The van der Waals surface area contributed by atoms with Crippen LogP contribution in [0.3, 0.4) is 0 Å². The van der Waals surface area contributed by atoms with Crippen LogP contribution in [0.15, 0.2) is 42.7 Å². The molecule has 1 aromatic heterocycles. The quantitative estimate of drug-likeness (QED) is 0.797. The standard InChI is InChI=1S/C19H20N4O2/c1-2-25-17-7-4-16(5-8-17)6-9-18(24)22-12-14-23(15-13-22)19-20-10-3-11-21-19/h3-5,7-8,10-11H,2,12-15H2,1H3. The van der Waals surface area contributed by atoms with Gasteiger partial charge in [0.25, 0.3) is 5.91 Å². The second-order valence-electron chi connectivity index (χ2n) is 5.54. The molecule has 1 aliphatic rings. The van der Waals surface area contributed by atoms with Crippen molar-refractivity contribution in [3.05, 3.63) is 48.3 Å². The highest BCUT2D eigenvalue weighted by atomic mass is 16.5. The van der Waals surface area contributed by atoms with E-state index in [0.717, 1.165) is 11.3 Å². The molecule has 0 bridgehead atoms. The maximum absolute atomic E-state index is 12.3. The van der Waals surface area contributed by atoms with Gasteiger partial charge in [-0.3, -0.25) is 4.79 Å². The van der Waals surface area contributed by atoms with Crippen LogP contribution in [0.2, 0.25) is 0 Å². The number of carbonyl (C=O) groups is 1. The first-order chi connectivity index (χ1) is 12.3. The number of amides is 1. The predicted molar refractivity (Wildman–Crippen MR) is 95.3 cm³/mol. The molecule has 0 spiro atoms. The maximum Gasteiger partial charge on any atom is 0.298 e. The van der Waals surface area contributed by atoms with Crippen LogP contribution in [0.5, 0.6) is 5.75 Å². The van der Waals surface area contributed by atoms with E-state index in [1.54, 1.807) is 23.4 Å². The van der Waals surface area contributed by atoms with Gasteiger partial charge in [-0.25, -0.2) is 9.97 Å². The summed E-state index contributed by atoms with van der Waals surface area (Å²) in [5, 5.41) is 0. The number of piperazine rings is 1. The fraction of sp³-hybridized carbons (Fsp3) is 0.316. The summed E-state index contributed by atoms with van der Waals surface area (Å²) < 4.78 is 5.39. The maximum atomic E-state index is 12.3. The number of benzene rings is 1. The van der Waals surface area contributed by atoms with Crippen molar-refractivity contribution in [2.45, 2.75) is 6.92 Å². The average molecular weight is 336 g/mol. The molecule has 1 fully saturated rings. The van der Waals surface area contributed by atoms with E-state index >= 15 is 0 Å². The molecule has 2 heterocycles. The van der Waals surface area contributed by atoms with Crippen molar-refractivity contribution in [2.24, 2.45) is 0 Å². The number of hydrogen-bond acceptors (Lipinski definition) is 5. The summed E-state index contributed by atoms with van der Waals surface area (Å²) in [5.41, 5.74) is 0.799. The summed E-state index contributed by atoms with van der Waals surface area (Å²) >= 11 is 0. The van der Waals surface area contributed by atoms with Crippen LogP contribution in [-0.4, -0.2) is 53.6 Å². The minimum absolute atomic E-state index is 0.150. The Bertz CT molecular complexity index is 758. The lowest BCUT2D eigenvalue weighted by Crippen LogP contribution is -2.49. The van der Waals surface area contributed by atoms with E-state index in [1.807, 2.05) is 31.2 Å². The van der Waals surface area contributed by atoms with Gasteiger partial charge in [0.2, 0.25) is 5.95 Å². The fourth-order valence-corrected chi connectivity index (χ4v) is 2.57. The summed E-state index contributed by atoms with van der Waals surface area (Å²) in [6.45, 7) is 5.23. The summed E-state index contributed by atoms with van der Waals surface area (Å²) in [5.74, 6) is 7.00. The van der Waals surface area contributed by atoms with Crippen molar-refractivity contribution in [2.75, 3.05) is 37.7 Å². The predicted octanol–water partition coefficient (Wildman–Crippen LogP) is 1.58. The third-order valence-corrected chi connectivity index (χ3v) is 3.88. The molecule has 1 aliphatic heterocycles. The van der Waals surface area contributed by atoms with Crippen molar-refractivity contribution in [1.29, 1.82) is 0 Å². The molecule has 0 atom stereocenters. The van der Waals surface area contributed by atoms with Gasteiger partial charge in [0.1, 0.15) is 5.75 Å². The van der Waals surface area contributed by atoms with E-state index in [2.05, 4.69) is 26.7 Å². The zero-order chi connectivity index (χ0) is 17.5. The molecule has 128 valence electrons. The van der Waals surface area contributed by atoms with Gasteiger partial charge in [-0.05, 0) is 37.3 Å². The number of rotatable bonds is 3. The number of carbonyl (C=O) groups excluding carboxylic acids is 1. The van der Waals surface area contributed by atoms with Crippen LogP contribution in [0, 0.1) is 11.8 Å². The van der Waals surface area contributed by atoms with Crippen LogP contribution in [0.4, 0.5) is 5.95 Å². The van der Waals surface area contributed by atoms with Gasteiger partial charge >= 0.3 is 0 Å². The Labute approximate surface area is 147 Å². The van der Waals surface area contributed by atoms with E-state index in [9.17, 15) is 4.79 Å². The third kappa shape index (κ3) is 4.48. The van der Waals surface area contributed by atoms with Crippen molar-refractivity contribution >= 4 is 11.9 Å². The van der Waals surface area contributed by atoms with Crippen LogP contribution in [-0.2, 0) is 4.79 Å². The molecule has 0 N–H and O–H groups in total. The van der Waals surface area contributed by atoms with Gasteiger partial charge in [0.15, 0.2) is 0 Å². The molecule has 0 saturated carbocycles. The number of anilines is 1. The molecule has 1 saturated heterocycles. The van der Waals surface area contributed by atoms with Gasteiger partial charge in [0, 0.05) is 50.1 Å². The van der Waals surface area contributed by atoms with E-state index < -0.39 is 0 Å². The van der Waals surface area contributed by atoms with Crippen LogP contribution in [0.25, 0.3) is 0 Å². The summed E-state index contributed by atoms with van der Waals surface area (Å²) in [6.07, 6.45) is 3.45. The molecule has 0 aliphatic carbocycles. The summed E-state index contributed by atoms with van der Waals surface area (Å²) in [4.78, 5) is 24.6. The largest absolute Gasteiger partial charge is 0.494 e. The fourth-order valence-electron chi connectivity index (χ4n) is 2.57. The molecule has 6 heteroatoms. The Balaban J connectivity index is 1.55. The Kier molecular flexibility index (Phi) is 5.47. The Morgan fingerprint density at radius 2 is 1.80 bits per heavy atom. The Morgan fingerprint density at radius 3 is 2.44 bits per heavy atom. The highest BCUT2D eigenvalue weighted by molar-refractivity contribution is 5.94. The summed E-state index contributed by atoms with van der Waals surface area (Å²) in [6, 6.07) is 9.22. The molecule has 1 aromatic carbocycles. The van der Waals surface area contributed by atoms with Crippen molar-refractivity contribution in [1.82, 2.24) is 14.9 Å². The van der Waals surface area contributed by atoms with Gasteiger partial charge in [-0.1, -0.05) is 5.92 Å². The summed E-state index contributed by atoms with van der Waals surface area (Å²) in [7, 11) is 0. The Hall–Kier alpha value is -3.07. The van der Waals surface area contributed by atoms with E-state index in [0.29, 0.717) is 38.7 Å². The molecule has 3 rings (SSSR count). The van der Waals surface area contributed by atoms with Crippen molar-refractivity contribution in [3.8, 4) is 17.6 Å². The normalized spacial score (nSPS) is 13.8.